The number of benzene rings is 3. The molecule has 0 saturated heterocycles. The van der Waals surface area contributed by atoms with E-state index in [4.69, 9.17) is 4.74 Å². The van der Waals surface area contributed by atoms with Crippen LogP contribution in [0.15, 0.2) is 83.9 Å². The molecule has 4 heteroatoms. The van der Waals surface area contributed by atoms with Gasteiger partial charge in [-0.15, -0.1) is 0 Å². The fraction of sp³-hybridized carbons (Fsp3) is 0.136. The van der Waals surface area contributed by atoms with Gasteiger partial charge >= 0.3 is 0 Å². The highest BCUT2D eigenvalue weighted by molar-refractivity contribution is 5.95. The molecule has 130 valence electrons. The molecule has 0 fully saturated rings. The van der Waals surface area contributed by atoms with Crippen molar-refractivity contribution in [2.24, 2.45) is 4.99 Å². The van der Waals surface area contributed by atoms with Crippen molar-refractivity contribution >= 4 is 5.90 Å². The van der Waals surface area contributed by atoms with E-state index < -0.39 is 11.6 Å². The van der Waals surface area contributed by atoms with E-state index in [1.54, 1.807) is 0 Å². The number of rotatable bonds is 3. The van der Waals surface area contributed by atoms with Crippen LogP contribution in [-0.2, 0) is 4.74 Å². The quantitative estimate of drug-likeness (QED) is 0.602. The third-order valence-electron chi connectivity index (χ3n) is 4.50. The normalized spacial score (nSPS) is 19.5. The Morgan fingerprint density at radius 2 is 1.31 bits per heavy atom. The van der Waals surface area contributed by atoms with Gasteiger partial charge in [0.05, 0.1) is 6.04 Å². The largest absolute Gasteiger partial charge is 0.469 e. The first-order chi connectivity index (χ1) is 12.7. The second kappa shape index (κ2) is 7.08. The van der Waals surface area contributed by atoms with Gasteiger partial charge in [-0.1, -0.05) is 66.7 Å². The molecule has 0 aromatic heterocycles. The number of halogens is 2. The minimum Gasteiger partial charge on any atom is -0.469 e. The lowest BCUT2D eigenvalue weighted by Crippen LogP contribution is -2.23. The summed E-state index contributed by atoms with van der Waals surface area (Å²) < 4.78 is 34.5. The molecule has 3 aromatic carbocycles. The molecule has 0 bridgehead atoms. The van der Waals surface area contributed by atoms with Gasteiger partial charge in [-0.25, -0.2) is 13.8 Å². The van der Waals surface area contributed by atoms with Crippen LogP contribution < -0.4 is 0 Å². The smallest absolute Gasteiger partial charge is 0.223 e. The predicted octanol–water partition coefficient (Wildman–Crippen LogP) is 5.61. The number of hydrogen-bond acceptors (Lipinski definition) is 2. The summed E-state index contributed by atoms with van der Waals surface area (Å²) in [7, 11) is 0. The molecule has 3 aromatic rings. The molecule has 0 spiro atoms. The molecule has 26 heavy (non-hydrogen) atoms. The Kier molecular flexibility index (Phi) is 4.48. The number of hydrogen-bond donors (Lipinski definition) is 0. The standard InChI is InChI=1S/C22H17F2NO/c23-17-12-7-13-18(24)21(17)22-25-19(15-8-3-1-4-9-15)14-20(26-22)16-10-5-2-6-11-16/h1-13,19-20H,14H2. The van der Waals surface area contributed by atoms with E-state index in [0.29, 0.717) is 6.42 Å². The van der Waals surface area contributed by atoms with Crippen LogP contribution in [0.25, 0.3) is 0 Å². The first-order valence-electron chi connectivity index (χ1n) is 8.51. The highest BCUT2D eigenvalue weighted by Crippen LogP contribution is 2.37. The summed E-state index contributed by atoms with van der Waals surface area (Å²) in [6.45, 7) is 0. The Labute approximate surface area is 150 Å². The lowest BCUT2D eigenvalue weighted by atomic mass is 9.95. The maximum absolute atomic E-state index is 14.3. The van der Waals surface area contributed by atoms with Crippen LogP contribution in [0.4, 0.5) is 8.78 Å². The molecule has 2 atom stereocenters. The van der Waals surface area contributed by atoms with Crippen molar-refractivity contribution in [3.63, 3.8) is 0 Å². The van der Waals surface area contributed by atoms with Crippen LogP contribution in [0.1, 0.15) is 35.3 Å². The van der Waals surface area contributed by atoms with Crippen molar-refractivity contribution in [1.82, 2.24) is 0 Å². The minimum atomic E-state index is -0.677. The molecule has 2 nitrogen and oxygen atoms in total. The Bertz CT molecular complexity index is 905. The lowest BCUT2D eigenvalue weighted by Gasteiger charge is -2.29. The highest BCUT2D eigenvalue weighted by Gasteiger charge is 2.30. The Balaban J connectivity index is 1.79. The summed E-state index contributed by atoms with van der Waals surface area (Å²) in [4.78, 5) is 4.53. The molecule has 0 saturated carbocycles. The molecule has 0 radical (unpaired) electrons. The van der Waals surface area contributed by atoms with Crippen molar-refractivity contribution in [2.45, 2.75) is 18.6 Å². The summed E-state index contributed by atoms with van der Waals surface area (Å²) in [6, 6.07) is 22.9. The Hall–Kier alpha value is -3.01. The third-order valence-corrected chi connectivity index (χ3v) is 4.50. The van der Waals surface area contributed by atoms with E-state index in [0.717, 1.165) is 11.1 Å². The van der Waals surface area contributed by atoms with Crippen molar-refractivity contribution < 1.29 is 13.5 Å². The Morgan fingerprint density at radius 1 is 0.731 bits per heavy atom. The van der Waals surface area contributed by atoms with Gasteiger partial charge in [0.2, 0.25) is 5.90 Å². The molecule has 0 amide bonds. The molecule has 1 aliphatic heterocycles. The highest BCUT2D eigenvalue weighted by atomic mass is 19.1. The fourth-order valence-corrected chi connectivity index (χ4v) is 3.19. The molecule has 2 unspecified atom stereocenters. The number of ether oxygens (including phenoxy) is 1. The molecule has 0 N–H and O–H groups in total. The van der Waals surface area contributed by atoms with Gasteiger partial charge in [-0.05, 0) is 23.3 Å². The average molecular weight is 349 g/mol. The molecular formula is C22H17F2NO. The molecule has 0 aliphatic carbocycles. The summed E-state index contributed by atoms with van der Waals surface area (Å²) in [5.74, 6) is -1.34. The molecule has 4 rings (SSSR count). The first kappa shape index (κ1) is 16.5. The van der Waals surface area contributed by atoms with Crippen LogP contribution in [0.2, 0.25) is 0 Å². The van der Waals surface area contributed by atoms with Crippen LogP contribution in [0.3, 0.4) is 0 Å². The summed E-state index contributed by atoms with van der Waals surface area (Å²) in [5, 5.41) is 0. The maximum atomic E-state index is 14.3. The summed E-state index contributed by atoms with van der Waals surface area (Å²) in [6.07, 6.45) is 0.279. The zero-order chi connectivity index (χ0) is 17.9. The monoisotopic (exact) mass is 349 g/mol. The summed E-state index contributed by atoms with van der Waals surface area (Å²) >= 11 is 0. The van der Waals surface area contributed by atoms with Gasteiger partial charge < -0.3 is 4.74 Å². The molecule has 1 aliphatic rings. The van der Waals surface area contributed by atoms with Crippen molar-refractivity contribution in [1.29, 1.82) is 0 Å². The van der Waals surface area contributed by atoms with Crippen LogP contribution in [0, 0.1) is 11.6 Å². The SMILES string of the molecule is Fc1cccc(F)c1C1=NC(c2ccccc2)CC(c2ccccc2)O1. The lowest BCUT2D eigenvalue weighted by molar-refractivity contribution is 0.151. The van der Waals surface area contributed by atoms with E-state index in [9.17, 15) is 8.78 Å². The number of aliphatic imine (C=N–C) groups is 1. The molecular weight excluding hydrogens is 332 g/mol. The minimum absolute atomic E-state index is 0.00885. The zero-order valence-corrected chi connectivity index (χ0v) is 14.0. The van der Waals surface area contributed by atoms with Crippen molar-refractivity contribution in [3.05, 3.63) is 107 Å². The van der Waals surface area contributed by atoms with Gasteiger partial charge in [0.1, 0.15) is 23.3 Å². The average Bonchev–Trinajstić information content (AvgIpc) is 2.69. The predicted molar refractivity (Wildman–Crippen MR) is 97.0 cm³/mol. The summed E-state index contributed by atoms with van der Waals surface area (Å²) in [5.41, 5.74) is 1.73. The van der Waals surface area contributed by atoms with E-state index in [1.165, 1.54) is 18.2 Å². The zero-order valence-electron chi connectivity index (χ0n) is 14.0. The van der Waals surface area contributed by atoms with Gasteiger partial charge in [-0.2, -0.15) is 0 Å². The van der Waals surface area contributed by atoms with Crippen molar-refractivity contribution in [2.75, 3.05) is 0 Å². The van der Waals surface area contributed by atoms with Crippen LogP contribution in [0.5, 0.6) is 0 Å². The van der Waals surface area contributed by atoms with Gasteiger partial charge in [0.25, 0.3) is 0 Å². The van der Waals surface area contributed by atoms with Gasteiger partial charge in [-0.3, -0.25) is 0 Å². The molecule has 1 heterocycles. The van der Waals surface area contributed by atoms with E-state index in [1.807, 2.05) is 60.7 Å². The van der Waals surface area contributed by atoms with Crippen molar-refractivity contribution in [3.8, 4) is 0 Å². The van der Waals surface area contributed by atoms with E-state index in [-0.39, 0.29) is 23.6 Å². The first-order valence-corrected chi connectivity index (χ1v) is 8.51. The third kappa shape index (κ3) is 3.23. The second-order valence-electron chi connectivity index (χ2n) is 6.21. The number of nitrogens with zero attached hydrogens (tertiary/aromatic N) is 1. The fourth-order valence-electron chi connectivity index (χ4n) is 3.19. The topological polar surface area (TPSA) is 21.6 Å². The van der Waals surface area contributed by atoms with E-state index >= 15 is 0 Å². The Morgan fingerprint density at radius 3 is 1.92 bits per heavy atom. The maximum Gasteiger partial charge on any atom is 0.223 e. The van der Waals surface area contributed by atoms with E-state index in [2.05, 4.69) is 4.99 Å². The van der Waals surface area contributed by atoms with Crippen LogP contribution in [-0.4, -0.2) is 5.90 Å². The van der Waals surface area contributed by atoms with Gasteiger partial charge in [0, 0.05) is 6.42 Å². The van der Waals surface area contributed by atoms with Gasteiger partial charge in [0.15, 0.2) is 0 Å². The van der Waals surface area contributed by atoms with Crippen LogP contribution >= 0.6 is 0 Å². The second-order valence-corrected chi connectivity index (χ2v) is 6.21.